The number of rotatable bonds is 11. The molecule has 0 radical (unpaired) electrons. The van der Waals surface area contributed by atoms with E-state index in [2.05, 4.69) is 5.32 Å². The SMILES string of the molecule is CC(C)(C)OC(=O)CCCCCC(=O)N1CCN([C@@H](NC(=O)OCC2c3ccccc3-c3ccccc32)C(=O)O)CC1. The van der Waals surface area contributed by atoms with E-state index in [-0.39, 0.29) is 24.4 Å². The van der Waals surface area contributed by atoms with Gasteiger partial charge in [-0.25, -0.2) is 9.59 Å². The third kappa shape index (κ3) is 8.09. The Morgan fingerprint density at radius 3 is 2.02 bits per heavy atom. The van der Waals surface area contributed by atoms with Crippen LogP contribution in [0.5, 0.6) is 0 Å². The van der Waals surface area contributed by atoms with Gasteiger partial charge in [-0.05, 0) is 55.9 Å². The van der Waals surface area contributed by atoms with Crippen LogP contribution in [0.25, 0.3) is 11.1 Å². The summed E-state index contributed by atoms with van der Waals surface area (Å²) in [6, 6.07) is 16.0. The van der Waals surface area contributed by atoms with Gasteiger partial charge in [-0.3, -0.25) is 19.8 Å². The molecule has 2 amide bonds. The predicted octanol–water partition coefficient (Wildman–Crippen LogP) is 4.37. The zero-order valence-electron chi connectivity index (χ0n) is 24.6. The zero-order valence-corrected chi connectivity index (χ0v) is 24.6. The molecule has 0 saturated carbocycles. The van der Waals surface area contributed by atoms with Crippen molar-refractivity contribution in [1.82, 2.24) is 15.1 Å². The lowest BCUT2D eigenvalue weighted by Gasteiger charge is -2.37. The number of aliphatic carboxylic acids is 1. The van der Waals surface area contributed by atoms with Gasteiger partial charge in [0.15, 0.2) is 6.17 Å². The van der Waals surface area contributed by atoms with Gasteiger partial charge < -0.3 is 19.5 Å². The standard InChI is InChI=1S/C32H41N3O7/c1-32(2,3)42-28(37)16-6-4-5-15-27(36)34-17-19-35(20-18-34)29(30(38)39)33-31(40)41-21-26-24-13-9-7-11-22(24)23-12-8-10-14-25(23)26/h7-14,26,29H,4-6,15-21H2,1-3H3,(H,33,40)(H,38,39)/t29-/m1/s1. The maximum Gasteiger partial charge on any atom is 0.408 e. The van der Waals surface area contributed by atoms with Crippen LogP contribution in [-0.2, 0) is 23.9 Å². The molecule has 1 saturated heterocycles. The number of benzene rings is 2. The lowest BCUT2D eigenvalue weighted by molar-refractivity contribution is -0.155. The molecule has 1 aliphatic carbocycles. The number of hydrogen-bond donors (Lipinski definition) is 2. The molecule has 0 aromatic heterocycles. The molecule has 42 heavy (non-hydrogen) atoms. The molecule has 10 heteroatoms. The second-order valence-corrected chi connectivity index (χ2v) is 11.8. The first-order chi connectivity index (χ1) is 20.0. The van der Waals surface area contributed by atoms with Crippen molar-refractivity contribution in [3.05, 3.63) is 59.7 Å². The summed E-state index contributed by atoms with van der Waals surface area (Å²) in [5.41, 5.74) is 3.87. The topological polar surface area (TPSA) is 125 Å². The van der Waals surface area contributed by atoms with E-state index in [9.17, 15) is 24.3 Å². The quantitative estimate of drug-likeness (QED) is 0.297. The molecule has 0 unspecified atom stereocenters. The van der Waals surface area contributed by atoms with Crippen molar-refractivity contribution in [2.24, 2.45) is 0 Å². The number of hydrogen-bond acceptors (Lipinski definition) is 7. The van der Waals surface area contributed by atoms with E-state index in [1.807, 2.05) is 69.3 Å². The Morgan fingerprint density at radius 1 is 0.881 bits per heavy atom. The van der Waals surface area contributed by atoms with Crippen molar-refractivity contribution in [2.45, 2.75) is 70.6 Å². The van der Waals surface area contributed by atoms with Gasteiger partial charge in [-0.2, -0.15) is 0 Å². The summed E-state index contributed by atoms with van der Waals surface area (Å²) in [5.74, 6) is -1.54. The van der Waals surface area contributed by atoms with Crippen LogP contribution in [0.15, 0.2) is 48.5 Å². The Balaban J connectivity index is 1.20. The Hall–Kier alpha value is -3.92. The second-order valence-electron chi connectivity index (χ2n) is 11.8. The molecule has 2 N–H and O–H groups in total. The van der Waals surface area contributed by atoms with E-state index in [1.165, 1.54) is 0 Å². The van der Waals surface area contributed by atoms with Crippen LogP contribution in [0, 0.1) is 0 Å². The number of carboxylic acids is 1. The highest BCUT2D eigenvalue weighted by Gasteiger charge is 2.33. The number of piperazine rings is 1. The summed E-state index contributed by atoms with van der Waals surface area (Å²) in [4.78, 5) is 52.6. The number of fused-ring (bicyclic) bond motifs is 3. The predicted molar refractivity (Wildman–Crippen MR) is 157 cm³/mol. The highest BCUT2D eigenvalue weighted by molar-refractivity contribution is 5.81. The fraction of sp³-hybridized carbons (Fsp3) is 0.500. The van der Waals surface area contributed by atoms with Gasteiger partial charge in [0, 0.05) is 44.9 Å². The van der Waals surface area contributed by atoms with Crippen LogP contribution in [0.4, 0.5) is 4.79 Å². The van der Waals surface area contributed by atoms with Gasteiger partial charge >= 0.3 is 18.0 Å². The van der Waals surface area contributed by atoms with Gasteiger partial charge in [0.25, 0.3) is 0 Å². The van der Waals surface area contributed by atoms with Crippen molar-refractivity contribution in [1.29, 1.82) is 0 Å². The number of unbranched alkanes of at least 4 members (excludes halogenated alkanes) is 2. The van der Waals surface area contributed by atoms with E-state index in [0.717, 1.165) is 28.7 Å². The number of nitrogens with one attached hydrogen (secondary N) is 1. The Kier molecular flexibility index (Phi) is 10.2. The number of carbonyl (C=O) groups is 4. The number of carbonyl (C=O) groups excluding carboxylic acids is 3. The summed E-state index contributed by atoms with van der Waals surface area (Å²) in [5, 5.41) is 12.3. The lowest BCUT2D eigenvalue weighted by atomic mass is 9.98. The molecule has 2 aromatic carbocycles. The van der Waals surface area contributed by atoms with Crippen molar-refractivity contribution in [3.8, 4) is 11.1 Å². The number of ether oxygens (including phenoxy) is 2. The summed E-state index contributed by atoms with van der Waals surface area (Å²) in [7, 11) is 0. The fourth-order valence-electron chi connectivity index (χ4n) is 5.56. The highest BCUT2D eigenvalue weighted by atomic mass is 16.6. The third-order valence-corrected chi connectivity index (χ3v) is 7.56. The first-order valence-corrected chi connectivity index (χ1v) is 14.6. The van der Waals surface area contributed by atoms with Crippen molar-refractivity contribution in [2.75, 3.05) is 32.8 Å². The molecule has 0 spiro atoms. The van der Waals surface area contributed by atoms with Gasteiger partial charge in [-0.15, -0.1) is 0 Å². The normalized spacial score (nSPS) is 15.8. The lowest BCUT2D eigenvalue weighted by Crippen LogP contribution is -2.59. The molecule has 4 rings (SSSR count). The Morgan fingerprint density at radius 2 is 1.45 bits per heavy atom. The number of amides is 2. The minimum absolute atomic E-state index is 0.00304. The molecule has 10 nitrogen and oxygen atoms in total. The Bertz CT molecular complexity index is 1240. The van der Waals surface area contributed by atoms with E-state index in [1.54, 1.807) is 9.80 Å². The summed E-state index contributed by atoms with van der Waals surface area (Å²) in [6.07, 6.45) is 0.725. The molecule has 1 atom stereocenters. The van der Waals surface area contributed by atoms with Crippen LogP contribution in [0.1, 0.15) is 69.9 Å². The molecule has 1 aliphatic heterocycles. The third-order valence-electron chi connectivity index (χ3n) is 7.56. The zero-order chi connectivity index (χ0) is 30.3. The highest BCUT2D eigenvalue weighted by Crippen LogP contribution is 2.44. The van der Waals surface area contributed by atoms with Crippen molar-refractivity contribution < 1.29 is 33.8 Å². The van der Waals surface area contributed by atoms with Gasteiger partial charge in [-0.1, -0.05) is 55.0 Å². The molecule has 2 aromatic rings. The molecule has 0 bridgehead atoms. The van der Waals surface area contributed by atoms with E-state index in [4.69, 9.17) is 9.47 Å². The summed E-state index contributed by atoms with van der Waals surface area (Å²) >= 11 is 0. The molecule has 1 heterocycles. The number of esters is 1. The summed E-state index contributed by atoms with van der Waals surface area (Å²) in [6.45, 7) is 6.94. The number of carboxylic acid groups (broad SMARTS) is 1. The average molecular weight is 580 g/mol. The van der Waals surface area contributed by atoms with Crippen LogP contribution in [-0.4, -0.2) is 83.4 Å². The van der Waals surface area contributed by atoms with Gasteiger partial charge in [0.05, 0.1) is 0 Å². The minimum Gasteiger partial charge on any atom is -0.479 e. The number of alkyl carbamates (subject to hydrolysis) is 1. The molecule has 1 fully saturated rings. The Labute approximate surface area is 247 Å². The van der Waals surface area contributed by atoms with Gasteiger partial charge in [0.2, 0.25) is 5.91 Å². The smallest absolute Gasteiger partial charge is 0.408 e. The molecule has 226 valence electrons. The average Bonchev–Trinajstić information content (AvgIpc) is 3.27. The molecule has 2 aliphatic rings. The first kappa shape index (κ1) is 31.0. The fourth-order valence-corrected chi connectivity index (χ4v) is 5.56. The van der Waals surface area contributed by atoms with E-state index in [0.29, 0.717) is 51.9 Å². The van der Waals surface area contributed by atoms with Crippen LogP contribution < -0.4 is 5.32 Å². The monoisotopic (exact) mass is 579 g/mol. The van der Waals surface area contributed by atoms with Crippen LogP contribution in [0.2, 0.25) is 0 Å². The largest absolute Gasteiger partial charge is 0.479 e. The maximum atomic E-state index is 12.7. The van der Waals surface area contributed by atoms with Gasteiger partial charge in [0.1, 0.15) is 12.2 Å². The summed E-state index contributed by atoms with van der Waals surface area (Å²) < 4.78 is 10.8. The van der Waals surface area contributed by atoms with E-state index < -0.39 is 23.8 Å². The van der Waals surface area contributed by atoms with Crippen molar-refractivity contribution >= 4 is 23.9 Å². The second kappa shape index (κ2) is 13.8. The van der Waals surface area contributed by atoms with Crippen molar-refractivity contribution in [3.63, 3.8) is 0 Å². The first-order valence-electron chi connectivity index (χ1n) is 14.6. The van der Waals surface area contributed by atoms with E-state index >= 15 is 0 Å². The molecular formula is C32H41N3O7. The van der Waals surface area contributed by atoms with Crippen LogP contribution >= 0.6 is 0 Å². The number of nitrogens with zero attached hydrogens (tertiary/aromatic N) is 2. The maximum absolute atomic E-state index is 12.7. The minimum atomic E-state index is -1.26. The molecular weight excluding hydrogens is 538 g/mol. The van der Waals surface area contributed by atoms with Crippen LogP contribution in [0.3, 0.4) is 0 Å².